The van der Waals surface area contributed by atoms with Crippen molar-refractivity contribution in [3.8, 4) is 17.2 Å². The minimum Gasteiger partial charge on any atom is -0.493 e. The second-order valence-corrected chi connectivity index (χ2v) is 7.03. The number of hydrogen-bond acceptors (Lipinski definition) is 7. The largest absolute Gasteiger partial charge is 0.493 e. The zero-order valence-corrected chi connectivity index (χ0v) is 18.7. The Morgan fingerprint density at radius 1 is 0.970 bits per heavy atom. The number of aromatic nitrogens is 2. The normalized spacial score (nSPS) is 10.6. The number of ether oxygens (including phenoxy) is 3. The number of nitrogens with zero attached hydrogens (tertiary/aromatic N) is 2. The standard InChI is InChI=1S/C23H26N4O6/c1-31-12-6-11-24-20(28)14-25-22(29)21-16-7-4-5-8-17(16)23(30)27(26-21)15-9-10-18(32-2)19(13-15)33-3/h4-5,7-10,13H,6,11-12,14H2,1-3H3,(H,24,28)(H,25,29). The molecule has 0 fully saturated rings. The van der Waals surface area contributed by atoms with E-state index >= 15 is 0 Å². The van der Waals surface area contributed by atoms with E-state index in [1.54, 1.807) is 49.6 Å². The van der Waals surface area contributed by atoms with Gasteiger partial charge in [0.15, 0.2) is 17.2 Å². The fourth-order valence-electron chi connectivity index (χ4n) is 3.24. The molecule has 0 saturated heterocycles. The Bertz CT molecular complexity index is 1210. The van der Waals surface area contributed by atoms with Crippen molar-refractivity contribution < 1.29 is 23.8 Å². The van der Waals surface area contributed by atoms with E-state index in [0.717, 1.165) is 4.68 Å². The highest BCUT2D eigenvalue weighted by Crippen LogP contribution is 2.28. The Kier molecular flexibility index (Phi) is 7.98. The van der Waals surface area contributed by atoms with Gasteiger partial charge in [0.25, 0.3) is 11.5 Å². The molecule has 2 N–H and O–H groups in total. The molecule has 10 heteroatoms. The van der Waals surface area contributed by atoms with Gasteiger partial charge in [-0.05, 0) is 24.6 Å². The number of carbonyl (C=O) groups excluding carboxylic acids is 2. The minimum atomic E-state index is -0.576. The summed E-state index contributed by atoms with van der Waals surface area (Å²) in [6, 6.07) is 11.6. The third kappa shape index (κ3) is 5.47. The second kappa shape index (κ2) is 11.1. The maximum Gasteiger partial charge on any atom is 0.279 e. The lowest BCUT2D eigenvalue weighted by molar-refractivity contribution is -0.120. The average Bonchev–Trinajstić information content (AvgIpc) is 2.85. The molecular formula is C23H26N4O6. The van der Waals surface area contributed by atoms with Gasteiger partial charge in [-0.25, -0.2) is 0 Å². The monoisotopic (exact) mass is 454 g/mol. The van der Waals surface area contributed by atoms with Gasteiger partial charge in [0.1, 0.15) is 0 Å². The number of rotatable bonds is 10. The molecule has 0 spiro atoms. The number of amides is 2. The Morgan fingerprint density at radius 2 is 1.70 bits per heavy atom. The molecule has 2 aromatic carbocycles. The fourth-order valence-corrected chi connectivity index (χ4v) is 3.24. The summed E-state index contributed by atoms with van der Waals surface area (Å²) in [4.78, 5) is 38.1. The summed E-state index contributed by atoms with van der Waals surface area (Å²) in [5, 5.41) is 10.3. The van der Waals surface area contributed by atoms with Crippen molar-refractivity contribution in [3.05, 3.63) is 58.5 Å². The summed E-state index contributed by atoms with van der Waals surface area (Å²) in [6.45, 7) is 0.742. The lowest BCUT2D eigenvalue weighted by atomic mass is 10.1. The van der Waals surface area contributed by atoms with E-state index in [9.17, 15) is 14.4 Å². The van der Waals surface area contributed by atoms with Crippen molar-refractivity contribution in [1.82, 2.24) is 20.4 Å². The molecule has 0 aliphatic carbocycles. The van der Waals surface area contributed by atoms with Crippen molar-refractivity contribution in [2.75, 3.05) is 41.0 Å². The molecule has 0 radical (unpaired) electrons. The van der Waals surface area contributed by atoms with Gasteiger partial charge in [-0.2, -0.15) is 9.78 Å². The van der Waals surface area contributed by atoms with Crippen LogP contribution in [0.5, 0.6) is 11.5 Å². The zero-order chi connectivity index (χ0) is 23.8. The Balaban J connectivity index is 1.93. The van der Waals surface area contributed by atoms with Gasteiger partial charge >= 0.3 is 0 Å². The Hall–Kier alpha value is -3.92. The lowest BCUT2D eigenvalue weighted by Gasteiger charge is -2.13. The van der Waals surface area contributed by atoms with Gasteiger partial charge < -0.3 is 24.8 Å². The van der Waals surface area contributed by atoms with Gasteiger partial charge in [0.2, 0.25) is 5.91 Å². The van der Waals surface area contributed by atoms with Crippen molar-refractivity contribution in [3.63, 3.8) is 0 Å². The van der Waals surface area contributed by atoms with Crippen LogP contribution in [0, 0.1) is 0 Å². The maximum atomic E-state index is 13.1. The number of fused-ring (bicyclic) bond motifs is 1. The molecule has 3 rings (SSSR count). The van der Waals surface area contributed by atoms with Crippen LogP contribution in [0.3, 0.4) is 0 Å². The molecular weight excluding hydrogens is 428 g/mol. The molecule has 33 heavy (non-hydrogen) atoms. The highest BCUT2D eigenvalue weighted by molar-refractivity contribution is 6.05. The second-order valence-electron chi connectivity index (χ2n) is 7.03. The van der Waals surface area contributed by atoms with Crippen molar-refractivity contribution >= 4 is 22.6 Å². The van der Waals surface area contributed by atoms with Crippen LogP contribution in [-0.2, 0) is 9.53 Å². The van der Waals surface area contributed by atoms with Gasteiger partial charge in [0.05, 0.1) is 31.8 Å². The van der Waals surface area contributed by atoms with Gasteiger partial charge in [-0.1, -0.05) is 18.2 Å². The van der Waals surface area contributed by atoms with E-state index in [1.165, 1.54) is 14.2 Å². The molecule has 0 saturated carbocycles. The van der Waals surface area contributed by atoms with Crippen LogP contribution < -0.4 is 25.7 Å². The SMILES string of the molecule is COCCCNC(=O)CNC(=O)c1nn(-c2ccc(OC)c(OC)c2)c(=O)c2ccccc12. The quantitative estimate of drug-likeness (QED) is 0.443. The average molecular weight is 454 g/mol. The maximum absolute atomic E-state index is 13.1. The first-order chi connectivity index (χ1) is 16.0. The van der Waals surface area contributed by atoms with Gasteiger partial charge in [-0.3, -0.25) is 14.4 Å². The van der Waals surface area contributed by atoms with E-state index in [-0.39, 0.29) is 18.1 Å². The molecule has 0 bridgehead atoms. The third-order valence-electron chi connectivity index (χ3n) is 4.89. The van der Waals surface area contributed by atoms with Crippen LogP contribution in [0.1, 0.15) is 16.9 Å². The van der Waals surface area contributed by atoms with Crippen LogP contribution in [0.4, 0.5) is 0 Å². The number of carbonyl (C=O) groups is 2. The highest BCUT2D eigenvalue weighted by atomic mass is 16.5. The predicted octanol–water partition coefficient (Wildman–Crippen LogP) is 1.29. The van der Waals surface area contributed by atoms with E-state index in [1.807, 2.05) is 0 Å². The smallest absolute Gasteiger partial charge is 0.279 e. The third-order valence-corrected chi connectivity index (χ3v) is 4.89. The molecule has 1 heterocycles. The van der Waals surface area contributed by atoms with Crippen molar-refractivity contribution in [2.45, 2.75) is 6.42 Å². The summed E-state index contributed by atoms with van der Waals surface area (Å²) < 4.78 is 16.6. The molecule has 0 atom stereocenters. The number of benzene rings is 2. The van der Waals surface area contributed by atoms with Crippen molar-refractivity contribution in [1.29, 1.82) is 0 Å². The first kappa shape index (κ1) is 23.7. The number of nitrogens with one attached hydrogen (secondary N) is 2. The predicted molar refractivity (Wildman–Crippen MR) is 122 cm³/mol. The van der Waals surface area contributed by atoms with Crippen LogP contribution in [-0.4, -0.2) is 62.6 Å². The fraction of sp³-hybridized carbons (Fsp3) is 0.304. The molecule has 0 unspecified atom stereocenters. The van der Waals surface area contributed by atoms with E-state index in [4.69, 9.17) is 14.2 Å². The molecule has 174 valence electrons. The summed E-state index contributed by atoms with van der Waals surface area (Å²) in [7, 11) is 4.58. The molecule has 3 aromatic rings. The first-order valence-electron chi connectivity index (χ1n) is 10.3. The van der Waals surface area contributed by atoms with E-state index in [2.05, 4.69) is 15.7 Å². The first-order valence-corrected chi connectivity index (χ1v) is 10.3. The zero-order valence-electron chi connectivity index (χ0n) is 18.7. The van der Waals surface area contributed by atoms with Crippen LogP contribution in [0.15, 0.2) is 47.3 Å². The van der Waals surface area contributed by atoms with Crippen LogP contribution in [0.2, 0.25) is 0 Å². The highest BCUT2D eigenvalue weighted by Gasteiger charge is 2.19. The van der Waals surface area contributed by atoms with E-state index in [0.29, 0.717) is 47.5 Å². The number of hydrogen-bond donors (Lipinski definition) is 2. The Labute approximate surface area is 190 Å². The Morgan fingerprint density at radius 3 is 2.39 bits per heavy atom. The summed E-state index contributed by atoms with van der Waals surface area (Å²) in [5.41, 5.74) is 0.0192. The molecule has 1 aromatic heterocycles. The van der Waals surface area contributed by atoms with Gasteiger partial charge in [0, 0.05) is 31.7 Å². The summed E-state index contributed by atoms with van der Waals surface area (Å²) in [5.74, 6) is -0.0120. The minimum absolute atomic E-state index is 0.0205. The van der Waals surface area contributed by atoms with Crippen LogP contribution >= 0.6 is 0 Å². The van der Waals surface area contributed by atoms with Crippen LogP contribution in [0.25, 0.3) is 16.5 Å². The molecule has 0 aliphatic rings. The summed E-state index contributed by atoms with van der Waals surface area (Å²) >= 11 is 0. The lowest BCUT2D eigenvalue weighted by Crippen LogP contribution is -2.38. The number of methoxy groups -OCH3 is 3. The molecule has 2 amide bonds. The van der Waals surface area contributed by atoms with Gasteiger partial charge in [-0.15, -0.1) is 0 Å². The van der Waals surface area contributed by atoms with Crippen molar-refractivity contribution in [2.24, 2.45) is 0 Å². The molecule has 10 nitrogen and oxygen atoms in total. The van der Waals surface area contributed by atoms with E-state index < -0.39 is 11.5 Å². The topological polar surface area (TPSA) is 121 Å². The molecule has 0 aliphatic heterocycles. The summed E-state index contributed by atoms with van der Waals surface area (Å²) in [6.07, 6.45) is 0.665.